The Labute approximate surface area is 124 Å². The quantitative estimate of drug-likeness (QED) is 0.918. The summed E-state index contributed by atoms with van der Waals surface area (Å²) in [5, 5.41) is 8.72. The van der Waals surface area contributed by atoms with Gasteiger partial charge in [0.1, 0.15) is 0 Å². The van der Waals surface area contributed by atoms with E-state index in [2.05, 4.69) is 11.9 Å². The van der Waals surface area contributed by atoms with Crippen LogP contribution in [-0.2, 0) is 10.0 Å². The van der Waals surface area contributed by atoms with Crippen molar-refractivity contribution in [3.8, 4) is 0 Å². The molecule has 1 aliphatic carbocycles. The molecule has 7 heteroatoms. The van der Waals surface area contributed by atoms with Gasteiger partial charge in [-0.15, -0.1) is 0 Å². The predicted octanol–water partition coefficient (Wildman–Crippen LogP) is 1.98. The van der Waals surface area contributed by atoms with Gasteiger partial charge < -0.3 is 5.11 Å². The van der Waals surface area contributed by atoms with Gasteiger partial charge in [-0.05, 0) is 30.9 Å². The number of hydrogen-bond donors (Lipinski definition) is 1. The minimum Gasteiger partial charge on any atom is -0.478 e. The molecule has 2 atom stereocenters. The minimum absolute atomic E-state index is 0.0234. The zero-order chi connectivity index (χ0) is 15.6. The van der Waals surface area contributed by atoms with E-state index in [1.165, 1.54) is 16.4 Å². The first-order valence-electron chi connectivity index (χ1n) is 7.01. The molecule has 1 fully saturated rings. The summed E-state index contributed by atoms with van der Waals surface area (Å²) in [6, 6.07) is 2.49. The second-order valence-electron chi connectivity index (χ2n) is 5.54. The third-order valence-corrected chi connectivity index (χ3v) is 5.96. The fourth-order valence-corrected chi connectivity index (χ4v) is 4.21. The zero-order valence-electron chi connectivity index (χ0n) is 12.2. The lowest BCUT2D eigenvalue weighted by molar-refractivity contribution is 0.0696. The van der Waals surface area contributed by atoms with E-state index in [-0.39, 0.29) is 16.6 Å². The molecule has 0 bridgehead atoms. The molecule has 0 amide bonds. The Morgan fingerprint density at radius 1 is 1.33 bits per heavy atom. The molecule has 1 saturated carbocycles. The van der Waals surface area contributed by atoms with Crippen LogP contribution in [0.15, 0.2) is 23.4 Å². The summed E-state index contributed by atoms with van der Waals surface area (Å²) in [6.07, 6.45) is 5.12. The third kappa shape index (κ3) is 3.24. The number of pyridine rings is 1. The van der Waals surface area contributed by atoms with E-state index in [4.69, 9.17) is 5.11 Å². The molecule has 0 spiro atoms. The van der Waals surface area contributed by atoms with Crippen LogP contribution in [0.2, 0.25) is 0 Å². The molecular formula is C14H20N2O4S. The van der Waals surface area contributed by atoms with Crippen molar-refractivity contribution in [2.45, 2.75) is 43.7 Å². The van der Waals surface area contributed by atoms with E-state index < -0.39 is 16.0 Å². The number of rotatable bonds is 4. The van der Waals surface area contributed by atoms with Gasteiger partial charge in [-0.1, -0.05) is 19.8 Å². The first kappa shape index (κ1) is 15.9. The largest absolute Gasteiger partial charge is 0.478 e. The Bertz CT molecular complexity index is 612. The fourth-order valence-electron chi connectivity index (χ4n) is 2.82. The van der Waals surface area contributed by atoms with Crippen molar-refractivity contribution >= 4 is 16.0 Å². The predicted molar refractivity (Wildman–Crippen MR) is 77.6 cm³/mol. The average molecular weight is 312 g/mol. The highest BCUT2D eigenvalue weighted by Crippen LogP contribution is 2.30. The first-order chi connectivity index (χ1) is 9.84. The molecule has 21 heavy (non-hydrogen) atoms. The fraction of sp³-hybridized carbons (Fsp3) is 0.571. The molecule has 116 valence electrons. The highest BCUT2D eigenvalue weighted by molar-refractivity contribution is 7.89. The summed E-state index contributed by atoms with van der Waals surface area (Å²) in [7, 11) is -2.11. The van der Waals surface area contributed by atoms with Gasteiger partial charge in [0.05, 0.1) is 5.56 Å². The van der Waals surface area contributed by atoms with Crippen LogP contribution in [0.5, 0.6) is 0 Å². The van der Waals surface area contributed by atoms with Gasteiger partial charge in [0, 0.05) is 19.3 Å². The van der Waals surface area contributed by atoms with Crippen LogP contribution in [0.4, 0.5) is 0 Å². The maximum atomic E-state index is 12.6. The lowest BCUT2D eigenvalue weighted by atomic mass is 9.86. The highest BCUT2D eigenvalue weighted by Gasteiger charge is 2.33. The van der Waals surface area contributed by atoms with E-state index >= 15 is 0 Å². The maximum Gasteiger partial charge on any atom is 0.337 e. The lowest BCUT2D eigenvalue weighted by Crippen LogP contribution is -2.42. The van der Waals surface area contributed by atoms with Crippen LogP contribution in [0.25, 0.3) is 0 Å². The summed E-state index contributed by atoms with van der Waals surface area (Å²) >= 11 is 0. The summed E-state index contributed by atoms with van der Waals surface area (Å²) in [6.45, 7) is 2.07. The number of aromatic carboxylic acids is 1. The standard InChI is InChI=1S/C14H20N2O4S/c1-10-5-3-4-6-12(10)16(2)21(19,20)13-8-7-11(9-15-13)14(17)18/h7-10,12H,3-6H2,1-2H3,(H,17,18). The van der Waals surface area contributed by atoms with Crippen molar-refractivity contribution in [1.29, 1.82) is 0 Å². The van der Waals surface area contributed by atoms with Crippen molar-refractivity contribution in [1.82, 2.24) is 9.29 Å². The molecule has 1 heterocycles. The van der Waals surface area contributed by atoms with Crippen molar-refractivity contribution in [3.05, 3.63) is 23.9 Å². The molecule has 1 aromatic heterocycles. The molecule has 0 aliphatic heterocycles. The number of hydrogen-bond acceptors (Lipinski definition) is 4. The molecule has 2 rings (SSSR count). The number of carboxylic acids is 1. The smallest absolute Gasteiger partial charge is 0.337 e. The number of carbonyl (C=O) groups is 1. The molecule has 2 unspecified atom stereocenters. The van der Waals surface area contributed by atoms with Crippen molar-refractivity contribution in [2.75, 3.05) is 7.05 Å². The molecule has 1 aliphatic rings. The first-order valence-corrected chi connectivity index (χ1v) is 8.45. The van der Waals surface area contributed by atoms with Crippen LogP contribution in [-0.4, -0.2) is 41.9 Å². The zero-order valence-corrected chi connectivity index (χ0v) is 13.0. The van der Waals surface area contributed by atoms with Gasteiger partial charge in [-0.2, -0.15) is 4.31 Å². The number of carboxylic acid groups (broad SMARTS) is 1. The average Bonchev–Trinajstić information content (AvgIpc) is 2.47. The van der Waals surface area contributed by atoms with Crippen LogP contribution < -0.4 is 0 Å². The molecule has 6 nitrogen and oxygen atoms in total. The number of aromatic nitrogens is 1. The van der Waals surface area contributed by atoms with E-state index in [0.717, 1.165) is 31.9 Å². The highest BCUT2D eigenvalue weighted by atomic mass is 32.2. The molecule has 1 aromatic rings. The Balaban J connectivity index is 2.26. The van der Waals surface area contributed by atoms with E-state index in [1.807, 2.05) is 0 Å². The molecule has 0 saturated heterocycles. The second-order valence-corrected chi connectivity index (χ2v) is 7.48. The molecular weight excluding hydrogens is 292 g/mol. The lowest BCUT2D eigenvalue weighted by Gasteiger charge is -2.35. The normalized spacial score (nSPS) is 23.2. The third-order valence-electron chi connectivity index (χ3n) is 4.16. The van der Waals surface area contributed by atoms with Gasteiger partial charge in [0.15, 0.2) is 5.03 Å². The second kappa shape index (κ2) is 6.11. The van der Waals surface area contributed by atoms with Gasteiger partial charge >= 0.3 is 5.97 Å². The van der Waals surface area contributed by atoms with Crippen LogP contribution in [0.3, 0.4) is 0 Å². The minimum atomic E-state index is -3.68. The van der Waals surface area contributed by atoms with Gasteiger partial charge in [0.25, 0.3) is 10.0 Å². The summed E-state index contributed by atoms with van der Waals surface area (Å²) < 4.78 is 26.5. The molecule has 0 aromatic carbocycles. The van der Waals surface area contributed by atoms with Crippen LogP contribution in [0.1, 0.15) is 43.0 Å². The van der Waals surface area contributed by atoms with E-state index in [1.54, 1.807) is 7.05 Å². The van der Waals surface area contributed by atoms with Crippen molar-refractivity contribution in [3.63, 3.8) is 0 Å². The Morgan fingerprint density at radius 2 is 2.00 bits per heavy atom. The summed E-state index contributed by atoms with van der Waals surface area (Å²) in [4.78, 5) is 14.6. The molecule has 1 N–H and O–H groups in total. The summed E-state index contributed by atoms with van der Waals surface area (Å²) in [5.41, 5.74) is -0.0253. The SMILES string of the molecule is CC1CCCCC1N(C)S(=O)(=O)c1ccc(C(=O)O)cn1. The van der Waals surface area contributed by atoms with Gasteiger partial charge in [-0.25, -0.2) is 18.2 Å². The van der Waals surface area contributed by atoms with Gasteiger partial charge in [0.2, 0.25) is 0 Å². The Hall–Kier alpha value is -1.47. The van der Waals surface area contributed by atoms with E-state index in [0.29, 0.717) is 5.92 Å². The summed E-state index contributed by atoms with van der Waals surface area (Å²) in [5.74, 6) is -0.808. The van der Waals surface area contributed by atoms with Crippen molar-refractivity contribution < 1.29 is 18.3 Å². The maximum absolute atomic E-state index is 12.6. The van der Waals surface area contributed by atoms with Crippen LogP contribution in [0, 0.1) is 5.92 Å². The Kier molecular flexibility index (Phi) is 4.63. The number of sulfonamides is 1. The van der Waals surface area contributed by atoms with E-state index in [9.17, 15) is 13.2 Å². The van der Waals surface area contributed by atoms with Crippen molar-refractivity contribution in [2.24, 2.45) is 5.92 Å². The van der Waals surface area contributed by atoms with Crippen LogP contribution >= 0.6 is 0 Å². The van der Waals surface area contributed by atoms with Gasteiger partial charge in [-0.3, -0.25) is 0 Å². The Morgan fingerprint density at radius 3 is 2.52 bits per heavy atom. The monoisotopic (exact) mass is 312 g/mol. The molecule has 0 radical (unpaired) electrons. The topological polar surface area (TPSA) is 87.6 Å². The number of nitrogens with zero attached hydrogens (tertiary/aromatic N) is 2.